The summed E-state index contributed by atoms with van der Waals surface area (Å²) in [6.07, 6.45) is 2.09. The van der Waals surface area contributed by atoms with E-state index in [1.165, 1.54) is 0 Å². The Bertz CT molecular complexity index is 327. The predicted molar refractivity (Wildman–Crippen MR) is 70.2 cm³/mol. The molecule has 0 bridgehead atoms. The van der Waals surface area contributed by atoms with Crippen molar-refractivity contribution in [1.29, 1.82) is 0 Å². The molecule has 104 valence electrons. The summed E-state index contributed by atoms with van der Waals surface area (Å²) in [4.78, 5) is 25.3. The summed E-state index contributed by atoms with van der Waals surface area (Å²) in [5.41, 5.74) is -0.745. The van der Waals surface area contributed by atoms with E-state index in [2.05, 4.69) is 13.8 Å². The molecular weight excluding hydrogens is 230 g/mol. The first-order valence-corrected chi connectivity index (χ1v) is 6.84. The third-order valence-electron chi connectivity index (χ3n) is 4.40. The molecule has 1 rings (SSSR count). The van der Waals surface area contributed by atoms with Crippen molar-refractivity contribution in [3.8, 4) is 0 Å². The zero-order chi connectivity index (χ0) is 13.9. The highest BCUT2D eigenvalue weighted by atomic mass is 16.4. The number of rotatable bonds is 5. The first kappa shape index (κ1) is 15.0. The first-order chi connectivity index (χ1) is 8.33. The topological polar surface area (TPSA) is 57.6 Å². The number of likely N-dealkylation sites (tertiary alicyclic amines) is 1. The van der Waals surface area contributed by atoms with Gasteiger partial charge in [0, 0.05) is 19.5 Å². The molecule has 1 N–H and O–H groups in total. The third-order valence-corrected chi connectivity index (χ3v) is 4.40. The SMILES string of the molecule is CCC(C)CC(=O)N1CCC(C(=O)O)(C(C)C)C1. The maximum atomic E-state index is 12.1. The Hall–Kier alpha value is -1.06. The summed E-state index contributed by atoms with van der Waals surface area (Å²) in [6, 6.07) is 0. The van der Waals surface area contributed by atoms with E-state index in [0.29, 0.717) is 31.8 Å². The molecule has 0 aromatic rings. The summed E-state index contributed by atoms with van der Waals surface area (Å²) in [5.74, 6) is -0.239. The number of carboxylic acids is 1. The van der Waals surface area contributed by atoms with E-state index in [1.54, 1.807) is 4.90 Å². The standard InChI is InChI=1S/C14H25NO3/c1-5-11(4)8-12(16)15-7-6-14(9-15,10(2)3)13(17)18/h10-11H,5-9H2,1-4H3,(H,17,18). The van der Waals surface area contributed by atoms with Crippen molar-refractivity contribution >= 4 is 11.9 Å². The molecule has 1 amide bonds. The predicted octanol–water partition coefficient (Wildman–Crippen LogP) is 2.38. The van der Waals surface area contributed by atoms with E-state index in [-0.39, 0.29) is 11.8 Å². The summed E-state index contributed by atoms with van der Waals surface area (Å²) < 4.78 is 0. The largest absolute Gasteiger partial charge is 0.481 e. The molecule has 0 spiro atoms. The molecular formula is C14H25NO3. The van der Waals surface area contributed by atoms with Gasteiger partial charge in [0.2, 0.25) is 5.91 Å². The van der Waals surface area contributed by atoms with Gasteiger partial charge in [0.1, 0.15) is 0 Å². The smallest absolute Gasteiger partial charge is 0.311 e. The van der Waals surface area contributed by atoms with Crippen molar-refractivity contribution < 1.29 is 14.7 Å². The molecule has 1 aliphatic heterocycles. The molecule has 0 aromatic heterocycles. The van der Waals surface area contributed by atoms with Gasteiger partial charge in [0.25, 0.3) is 0 Å². The number of hydrogen-bond acceptors (Lipinski definition) is 2. The second-order valence-electron chi connectivity index (χ2n) is 5.90. The van der Waals surface area contributed by atoms with E-state index in [0.717, 1.165) is 6.42 Å². The third kappa shape index (κ3) is 2.85. The molecule has 2 unspecified atom stereocenters. The van der Waals surface area contributed by atoms with Gasteiger partial charge < -0.3 is 10.0 Å². The number of carboxylic acid groups (broad SMARTS) is 1. The number of carbonyl (C=O) groups is 2. The van der Waals surface area contributed by atoms with Gasteiger partial charge in [-0.3, -0.25) is 9.59 Å². The number of hydrogen-bond donors (Lipinski definition) is 1. The van der Waals surface area contributed by atoms with Gasteiger partial charge in [-0.05, 0) is 18.3 Å². The molecule has 1 saturated heterocycles. The Morgan fingerprint density at radius 3 is 2.33 bits per heavy atom. The van der Waals surface area contributed by atoms with E-state index in [4.69, 9.17) is 0 Å². The Kier molecular flexibility index (Phi) is 4.77. The average molecular weight is 255 g/mol. The summed E-state index contributed by atoms with van der Waals surface area (Å²) >= 11 is 0. The Balaban J connectivity index is 2.70. The molecule has 1 aliphatic rings. The fraction of sp³-hybridized carbons (Fsp3) is 0.857. The molecule has 0 radical (unpaired) electrons. The average Bonchev–Trinajstić information content (AvgIpc) is 2.74. The molecule has 4 heteroatoms. The van der Waals surface area contributed by atoms with Crippen molar-refractivity contribution in [3.63, 3.8) is 0 Å². The van der Waals surface area contributed by atoms with Gasteiger partial charge >= 0.3 is 5.97 Å². The van der Waals surface area contributed by atoms with Crippen LogP contribution in [-0.4, -0.2) is 35.0 Å². The van der Waals surface area contributed by atoms with Gasteiger partial charge in [-0.25, -0.2) is 0 Å². The summed E-state index contributed by atoms with van der Waals surface area (Å²) in [6.45, 7) is 8.93. The van der Waals surface area contributed by atoms with Crippen LogP contribution in [0.3, 0.4) is 0 Å². The summed E-state index contributed by atoms with van der Waals surface area (Å²) in [5, 5.41) is 9.42. The van der Waals surface area contributed by atoms with E-state index in [9.17, 15) is 14.7 Å². The monoisotopic (exact) mass is 255 g/mol. The number of aliphatic carboxylic acids is 1. The quantitative estimate of drug-likeness (QED) is 0.820. The van der Waals surface area contributed by atoms with E-state index >= 15 is 0 Å². The molecule has 18 heavy (non-hydrogen) atoms. The van der Waals surface area contributed by atoms with Crippen LogP contribution in [0, 0.1) is 17.3 Å². The first-order valence-electron chi connectivity index (χ1n) is 6.84. The summed E-state index contributed by atoms with van der Waals surface area (Å²) in [7, 11) is 0. The molecule has 0 aliphatic carbocycles. The van der Waals surface area contributed by atoms with Crippen LogP contribution in [0.5, 0.6) is 0 Å². The molecule has 0 aromatic carbocycles. The normalized spacial score (nSPS) is 25.5. The van der Waals surface area contributed by atoms with Gasteiger partial charge in [-0.1, -0.05) is 34.1 Å². The molecule has 1 fully saturated rings. The molecule has 4 nitrogen and oxygen atoms in total. The van der Waals surface area contributed by atoms with Crippen LogP contribution in [0.4, 0.5) is 0 Å². The van der Waals surface area contributed by atoms with Crippen molar-refractivity contribution in [2.75, 3.05) is 13.1 Å². The molecule has 0 saturated carbocycles. The molecule has 2 atom stereocenters. The second kappa shape index (κ2) is 5.72. The number of amides is 1. The van der Waals surface area contributed by atoms with Crippen LogP contribution >= 0.6 is 0 Å². The van der Waals surface area contributed by atoms with Gasteiger partial charge in [-0.15, -0.1) is 0 Å². The molecule has 1 heterocycles. The highest BCUT2D eigenvalue weighted by Crippen LogP contribution is 2.38. The van der Waals surface area contributed by atoms with Gasteiger partial charge in [-0.2, -0.15) is 0 Å². The van der Waals surface area contributed by atoms with Crippen molar-refractivity contribution in [2.24, 2.45) is 17.3 Å². The second-order valence-corrected chi connectivity index (χ2v) is 5.90. The highest BCUT2D eigenvalue weighted by Gasteiger charge is 2.48. The van der Waals surface area contributed by atoms with Crippen molar-refractivity contribution in [3.05, 3.63) is 0 Å². The van der Waals surface area contributed by atoms with Crippen molar-refractivity contribution in [1.82, 2.24) is 4.90 Å². The van der Waals surface area contributed by atoms with Crippen LogP contribution < -0.4 is 0 Å². The fourth-order valence-electron chi connectivity index (χ4n) is 2.51. The van der Waals surface area contributed by atoms with Crippen LogP contribution in [0.2, 0.25) is 0 Å². The van der Waals surface area contributed by atoms with Crippen LogP contribution in [-0.2, 0) is 9.59 Å². The Labute approximate surface area is 109 Å². The van der Waals surface area contributed by atoms with E-state index < -0.39 is 11.4 Å². The van der Waals surface area contributed by atoms with Crippen molar-refractivity contribution in [2.45, 2.75) is 47.0 Å². The minimum atomic E-state index is -0.767. The maximum absolute atomic E-state index is 12.1. The lowest BCUT2D eigenvalue weighted by molar-refractivity contribution is -0.151. The highest BCUT2D eigenvalue weighted by molar-refractivity contribution is 5.81. The van der Waals surface area contributed by atoms with Crippen LogP contribution in [0.1, 0.15) is 47.0 Å². The minimum absolute atomic E-state index is 0.0522. The van der Waals surface area contributed by atoms with Gasteiger partial charge in [0.05, 0.1) is 5.41 Å². The van der Waals surface area contributed by atoms with E-state index in [1.807, 2.05) is 13.8 Å². The number of nitrogens with zero attached hydrogens (tertiary/aromatic N) is 1. The fourth-order valence-corrected chi connectivity index (χ4v) is 2.51. The Morgan fingerprint density at radius 1 is 1.33 bits per heavy atom. The van der Waals surface area contributed by atoms with Crippen LogP contribution in [0.15, 0.2) is 0 Å². The zero-order valence-electron chi connectivity index (χ0n) is 11.9. The zero-order valence-corrected chi connectivity index (χ0v) is 11.9. The van der Waals surface area contributed by atoms with Gasteiger partial charge in [0.15, 0.2) is 0 Å². The maximum Gasteiger partial charge on any atom is 0.311 e. The van der Waals surface area contributed by atoms with Crippen LogP contribution in [0.25, 0.3) is 0 Å². The lowest BCUT2D eigenvalue weighted by Gasteiger charge is -2.28. The number of carbonyl (C=O) groups excluding carboxylic acids is 1. The lowest BCUT2D eigenvalue weighted by Crippen LogP contribution is -2.40. The lowest BCUT2D eigenvalue weighted by atomic mass is 9.76. The minimum Gasteiger partial charge on any atom is -0.481 e. The Morgan fingerprint density at radius 2 is 1.94 bits per heavy atom.